The third-order valence-corrected chi connectivity index (χ3v) is 1.43. The summed E-state index contributed by atoms with van der Waals surface area (Å²) in [7, 11) is 0. The van der Waals surface area contributed by atoms with Crippen molar-refractivity contribution in [2.75, 3.05) is 6.61 Å². The van der Waals surface area contributed by atoms with Crippen molar-refractivity contribution in [3.63, 3.8) is 0 Å². The first-order valence-electron chi connectivity index (χ1n) is 3.60. The van der Waals surface area contributed by atoms with Crippen molar-refractivity contribution in [1.82, 2.24) is 0 Å². The smallest absolute Gasteiger partial charge is 0.347 e. The first kappa shape index (κ1) is 8.04. The van der Waals surface area contributed by atoms with Crippen LogP contribution in [-0.2, 0) is 19.1 Å². The lowest BCUT2D eigenvalue weighted by atomic mass is 10.2. The van der Waals surface area contributed by atoms with Crippen LogP contribution in [0.4, 0.5) is 0 Å². The summed E-state index contributed by atoms with van der Waals surface area (Å²) in [6.07, 6.45) is 0.128. The van der Waals surface area contributed by atoms with E-state index < -0.39 is 12.1 Å². The van der Waals surface area contributed by atoms with Gasteiger partial charge in [0.25, 0.3) is 0 Å². The van der Waals surface area contributed by atoms with Crippen molar-refractivity contribution in [3.05, 3.63) is 0 Å². The van der Waals surface area contributed by atoms with Crippen molar-refractivity contribution in [3.8, 4) is 0 Å². The van der Waals surface area contributed by atoms with Crippen LogP contribution in [0.1, 0.15) is 19.8 Å². The number of carbonyl (C=O) groups is 2. The van der Waals surface area contributed by atoms with Crippen molar-refractivity contribution in [2.24, 2.45) is 0 Å². The predicted molar refractivity (Wildman–Crippen MR) is 35.7 cm³/mol. The molecule has 1 heterocycles. The van der Waals surface area contributed by atoms with Gasteiger partial charge in [0, 0.05) is 12.8 Å². The molecule has 0 spiro atoms. The molecule has 11 heavy (non-hydrogen) atoms. The van der Waals surface area contributed by atoms with E-state index in [1.165, 1.54) is 0 Å². The molecule has 1 fully saturated rings. The van der Waals surface area contributed by atoms with Crippen LogP contribution < -0.4 is 0 Å². The summed E-state index contributed by atoms with van der Waals surface area (Å²) in [5, 5.41) is 0. The van der Waals surface area contributed by atoms with Gasteiger partial charge in [-0.25, -0.2) is 4.79 Å². The van der Waals surface area contributed by atoms with E-state index in [0.29, 0.717) is 19.4 Å². The first-order valence-corrected chi connectivity index (χ1v) is 3.60. The number of cyclic esters (lactones) is 1. The van der Waals surface area contributed by atoms with E-state index in [1.54, 1.807) is 6.92 Å². The second-order valence-corrected chi connectivity index (χ2v) is 2.27. The molecular weight excluding hydrogens is 148 g/mol. The molecule has 0 radical (unpaired) electrons. The van der Waals surface area contributed by atoms with Crippen LogP contribution in [0, 0.1) is 0 Å². The normalized spacial score (nSPS) is 23.0. The highest BCUT2D eigenvalue weighted by Crippen LogP contribution is 2.14. The lowest BCUT2D eigenvalue weighted by Gasteiger charge is -2.06. The van der Waals surface area contributed by atoms with Crippen LogP contribution >= 0.6 is 0 Å². The van der Waals surface area contributed by atoms with Gasteiger partial charge >= 0.3 is 11.9 Å². The summed E-state index contributed by atoms with van der Waals surface area (Å²) in [6, 6.07) is 0. The topological polar surface area (TPSA) is 52.6 Å². The number of hydrogen-bond donors (Lipinski definition) is 0. The lowest BCUT2D eigenvalue weighted by molar-refractivity contribution is -0.161. The molecule has 0 bridgehead atoms. The van der Waals surface area contributed by atoms with E-state index in [1.807, 2.05) is 0 Å². The molecule has 62 valence electrons. The SMILES string of the molecule is CCOC(=O)[C@H]1CCC(=O)O1. The molecule has 4 heteroatoms. The number of ether oxygens (including phenoxy) is 2. The fraction of sp³-hybridized carbons (Fsp3) is 0.714. The van der Waals surface area contributed by atoms with Gasteiger partial charge in [-0.3, -0.25) is 4.79 Å². The van der Waals surface area contributed by atoms with E-state index in [2.05, 4.69) is 9.47 Å². The predicted octanol–water partition coefficient (Wildman–Crippen LogP) is 0.255. The molecule has 0 N–H and O–H groups in total. The van der Waals surface area contributed by atoms with E-state index in [4.69, 9.17) is 0 Å². The maximum atomic E-state index is 10.9. The third kappa shape index (κ3) is 1.93. The summed E-state index contributed by atoms with van der Waals surface area (Å²) in [5.41, 5.74) is 0. The minimum Gasteiger partial charge on any atom is -0.463 e. The molecule has 1 atom stereocenters. The summed E-state index contributed by atoms with van der Waals surface area (Å²) in [6.45, 7) is 2.04. The molecule has 4 nitrogen and oxygen atoms in total. The molecule has 0 amide bonds. The number of carbonyl (C=O) groups excluding carboxylic acids is 2. The van der Waals surface area contributed by atoms with Gasteiger partial charge in [0.05, 0.1) is 6.61 Å². The van der Waals surface area contributed by atoms with Crippen LogP contribution in [0.3, 0.4) is 0 Å². The van der Waals surface area contributed by atoms with E-state index in [-0.39, 0.29) is 5.97 Å². The van der Waals surface area contributed by atoms with E-state index in [0.717, 1.165) is 0 Å². The molecule has 1 saturated heterocycles. The standard InChI is InChI=1S/C7H10O4/c1-2-10-7(9)5-3-4-6(8)11-5/h5H,2-4H2,1H3/t5-/m1/s1. The van der Waals surface area contributed by atoms with Crippen LogP contribution in [0.15, 0.2) is 0 Å². The van der Waals surface area contributed by atoms with E-state index >= 15 is 0 Å². The maximum absolute atomic E-state index is 10.9. The molecule has 0 saturated carbocycles. The van der Waals surface area contributed by atoms with E-state index in [9.17, 15) is 9.59 Å². The van der Waals surface area contributed by atoms with Gasteiger partial charge in [0.15, 0.2) is 6.10 Å². The van der Waals surface area contributed by atoms with Gasteiger partial charge in [-0.15, -0.1) is 0 Å². The van der Waals surface area contributed by atoms with Gasteiger partial charge in [-0.05, 0) is 6.92 Å². The zero-order chi connectivity index (χ0) is 8.27. The number of rotatable bonds is 2. The summed E-state index contributed by atoms with van der Waals surface area (Å²) >= 11 is 0. The van der Waals surface area contributed by atoms with Gasteiger partial charge in [0.2, 0.25) is 0 Å². The average Bonchev–Trinajstić information content (AvgIpc) is 2.36. The van der Waals surface area contributed by atoms with Crippen LogP contribution in [0.25, 0.3) is 0 Å². The minimum atomic E-state index is -0.651. The van der Waals surface area contributed by atoms with Gasteiger partial charge < -0.3 is 9.47 Å². The van der Waals surface area contributed by atoms with Crippen LogP contribution in [-0.4, -0.2) is 24.6 Å². The Morgan fingerprint density at radius 2 is 2.55 bits per heavy atom. The first-order chi connectivity index (χ1) is 5.24. The molecule has 1 rings (SSSR count). The second kappa shape index (κ2) is 3.37. The lowest BCUT2D eigenvalue weighted by Crippen LogP contribution is -2.22. The highest BCUT2D eigenvalue weighted by Gasteiger charge is 2.30. The molecule has 1 aliphatic rings. The average molecular weight is 158 g/mol. The van der Waals surface area contributed by atoms with Crippen LogP contribution in [0.2, 0.25) is 0 Å². The fourth-order valence-electron chi connectivity index (χ4n) is 0.927. The number of hydrogen-bond acceptors (Lipinski definition) is 4. The Morgan fingerprint density at radius 3 is 3.00 bits per heavy atom. The zero-order valence-electron chi connectivity index (χ0n) is 6.33. The molecule has 0 unspecified atom stereocenters. The molecule has 1 aliphatic heterocycles. The van der Waals surface area contributed by atoms with Crippen molar-refractivity contribution in [1.29, 1.82) is 0 Å². The Kier molecular flexibility index (Phi) is 2.46. The maximum Gasteiger partial charge on any atom is 0.347 e. The fourth-order valence-corrected chi connectivity index (χ4v) is 0.927. The highest BCUT2D eigenvalue weighted by molar-refractivity contribution is 5.82. The van der Waals surface area contributed by atoms with Crippen molar-refractivity contribution < 1.29 is 19.1 Å². The molecule has 0 aliphatic carbocycles. The minimum absolute atomic E-state index is 0.317. The second-order valence-electron chi connectivity index (χ2n) is 2.27. The van der Waals surface area contributed by atoms with Gasteiger partial charge in [-0.2, -0.15) is 0 Å². The number of esters is 2. The molecule has 0 aromatic heterocycles. The van der Waals surface area contributed by atoms with Gasteiger partial charge in [-0.1, -0.05) is 0 Å². The molecule has 0 aromatic rings. The third-order valence-electron chi connectivity index (χ3n) is 1.43. The Labute approximate surface area is 64.5 Å². The highest BCUT2D eigenvalue weighted by atomic mass is 16.6. The summed E-state index contributed by atoms with van der Waals surface area (Å²) in [4.78, 5) is 21.4. The van der Waals surface area contributed by atoms with Crippen LogP contribution in [0.5, 0.6) is 0 Å². The quantitative estimate of drug-likeness (QED) is 0.541. The largest absolute Gasteiger partial charge is 0.463 e. The Bertz CT molecular complexity index is 175. The molecular formula is C7H10O4. The van der Waals surface area contributed by atoms with Gasteiger partial charge in [0.1, 0.15) is 0 Å². The molecule has 0 aromatic carbocycles. The Balaban J connectivity index is 2.37. The monoisotopic (exact) mass is 158 g/mol. The van der Waals surface area contributed by atoms with Crippen molar-refractivity contribution in [2.45, 2.75) is 25.9 Å². The van der Waals surface area contributed by atoms with Crippen molar-refractivity contribution >= 4 is 11.9 Å². The summed E-state index contributed by atoms with van der Waals surface area (Å²) in [5.74, 6) is -0.749. The Hall–Kier alpha value is -1.06. The summed E-state index contributed by atoms with van der Waals surface area (Å²) < 4.78 is 9.32. The zero-order valence-corrected chi connectivity index (χ0v) is 6.33. The Morgan fingerprint density at radius 1 is 1.82 bits per heavy atom.